The zero-order chi connectivity index (χ0) is 3.70. The lowest BCUT2D eigenvalue weighted by atomic mass is 10.4. The molecule has 5 heavy (non-hydrogen) atoms. The van der Waals surface area contributed by atoms with Gasteiger partial charge in [-0.2, -0.15) is 0 Å². The summed E-state index contributed by atoms with van der Waals surface area (Å²) < 4.78 is 0. The van der Waals surface area contributed by atoms with E-state index in [0.717, 1.165) is 5.92 Å². The van der Waals surface area contributed by atoms with Crippen LogP contribution in [0.4, 0.5) is 0 Å². The first kappa shape index (κ1) is 2.95. The van der Waals surface area contributed by atoms with Gasteiger partial charge in [-0.25, -0.2) is 0 Å². The molecule has 1 aliphatic rings. The minimum Gasteiger partial charge on any atom is -0.103 e. The molecule has 27 valence electrons. The highest BCUT2D eigenvalue weighted by Gasteiger charge is 2.15. The topological polar surface area (TPSA) is 0 Å². The van der Waals surface area contributed by atoms with Crippen molar-refractivity contribution in [1.29, 1.82) is 0 Å². The minimum atomic E-state index is 0.773. The third-order valence-corrected chi connectivity index (χ3v) is 0.811. The lowest BCUT2D eigenvalue weighted by molar-refractivity contribution is 1.17. The number of hydrogen-bond donors (Lipinski definition) is 0. The zero-order valence-electron chi connectivity index (χ0n) is 3.15. The molecule has 1 atom stereocenters. The van der Waals surface area contributed by atoms with E-state index in [1.54, 1.807) is 0 Å². The molecular weight excluding hydrogens is 60.1 g/mol. The van der Waals surface area contributed by atoms with E-state index in [1.165, 1.54) is 6.42 Å². The maximum Gasteiger partial charge on any atom is -0.0202 e. The SMILES string of the molecule is C=CC1[CH]C1. The summed E-state index contributed by atoms with van der Waals surface area (Å²) in [6.45, 7) is 3.59. The van der Waals surface area contributed by atoms with Gasteiger partial charge in [0.15, 0.2) is 0 Å². The van der Waals surface area contributed by atoms with Gasteiger partial charge in [0.1, 0.15) is 0 Å². The van der Waals surface area contributed by atoms with Crippen LogP contribution in [0, 0.1) is 12.3 Å². The molecule has 0 spiro atoms. The first-order valence-electron chi connectivity index (χ1n) is 1.89. The summed E-state index contributed by atoms with van der Waals surface area (Å²) in [7, 11) is 0. The second-order valence-electron chi connectivity index (χ2n) is 1.37. The molecule has 1 saturated carbocycles. The van der Waals surface area contributed by atoms with E-state index in [9.17, 15) is 0 Å². The third kappa shape index (κ3) is 0.504. The summed E-state index contributed by atoms with van der Waals surface area (Å²) >= 11 is 0. The van der Waals surface area contributed by atoms with Crippen LogP contribution in [-0.4, -0.2) is 0 Å². The molecule has 0 aromatic heterocycles. The molecule has 1 rings (SSSR count). The zero-order valence-corrected chi connectivity index (χ0v) is 3.15. The molecule has 0 amide bonds. The van der Waals surface area contributed by atoms with Gasteiger partial charge in [-0.3, -0.25) is 0 Å². The van der Waals surface area contributed by atoms with Crippen LogP contribution in [0.25, 0.3) is 0 Å². The van der Waals surface area contributed by atoms with Crippen molar-refractivity contribution in [3.8, 4) is 0 Å². The molecule has 0 heteroatoms. The Labute approximate surface area is 32.5 Å². The molecule has 0 aromatic carbocycles. The van der Waals surface area contributed by atoms with Crippen LogP contribution in [0.1, 0.15) is 6.42 Å². The van der Waals surface area contributed by atoms with Crippen LogP contribution in [0.5, 0.6) is 0 Å². The fourth-order valence-corrected chi connectivity index (χ4v) is 0.271. The van der Waals surface area contributed by atoms with Crippen molar-refractivity contribution in [3.63, 3.8) is 0 Å². The lowest BCUT2D eigenvalue weighted by Crippen LogP contribution is -1.50. The Hall–Kier alpha value is -0.260. The molecule has 0 bridgehead atoms. The van der Waals surface area contributed by atoms with Crippen LogP contribution >= 0.6 is 0 Å². The fraction of sp³-hybridized carbons (Fsp3) is 0.400. The maximum atomic E-state index is 3.59. The van der Waals surface area contributed by atoms with Gasteiger partial charge in [-0.05, 0) is 18.8 Å². The van der Waals surface area contributed by atoms with Crippen LogP contribution < -0.4 is 0 Å². The average molecular weight is 67.1 g/mol. The van der Waals surface area contributed by atoms with Gasteiger partial charge < -0.3 is 0 Å². The lowest BCUT2D eigenvalue weighted by Gasteiger charge is -1.62. The first-order chi connectivity index (χ1) is 2.43. The van der Waals surface area contributed by atoms with Gasteiger partial charge in [0.05, 0.1) is 0 Å². The molecule has 0 aromatic rings. The molecule has 1 fully saturated rings. The minimum absolute atomic E-state index is 0.773. The Bertz CT molecular complexity index is 42.0. The Morgan fingerprint density at radius 1 is 2.00 bits per heavy atom. The van der Waals surface area contributed by atoms with Crippen molar-refractivity contribution < 1.29 is 0 Å². The quantitative estimate of drug-likeness (QED) is 0.406. The van der Waals surface area contributed by atoms with Gasteiger partial charge in [-0.1, -0.05) is 6.08 Å². The summed E-state index contributed by atoms with van der Waals surface area (Å²) in [6.07, 6.45) is 5.47. The Balaban J connectivity index is 2.21. The van der Waals surface area contributed by atoms with Crippen molar-refractivity contribution >= 4 is 0 Å². The van der Waals surface area contributed by atoms with Crippen molar-refractivity contribution in [2.45, 2.75) is 6.42 Å². The van der Waals surface area contributed by atoms with Gasteiger partial charge in [0.25, 0.3) is 0 Å². The smallest absolute Gasteiger partial charge is 0.0202 e. The van der Waals surface area contributed by atoms with Crippen LogP contribution in [0.2, 0.25) is 0 Å². The highest BCUT2D eigenvalue weighted by molar-refractivity contribution is 5.04. The summed E-state index contributed by atoms with van der Waals surface area (Å²) in [5, 5.41) is 0. The van der Waals surface area contributed by atoms with E-state index < -0.39 is 0 Å². The Morgan fingerprint density at radius 2 is 2.60 bits per heavy atom. The Kier molecular flexibility index (Phi) is 0.503. The van der Waals surface area contributed by atoms with E-state index in [4.69, 9.17) is 0 Å². The van der Waals surface area contributed by atoms with Gasteiger partial charge >= 0.3 is 0 Å². The molecule has 1 unspecified atom stereocenters. The number of hydrogen-bond acceptors (Lipinski definition) is 0. The van der Waals surface area contributed by atoms with Crippen LogP contribution in [-0.2, 0) is 0 Å². The maximum absolute atomic E-state index is 3.59. The van der Waals surface area contributed by atoms with Crippen molar-refractivity contribution in [3.05, 3.63) is 19.1 Å². The van der Waals surface area contributed by atoms with Gasteiger partial charge in [0, 0.05) is 0 Å². The molecule has 1 aliphatic carbocycles. The number of rotatable bonds is 1. The molecular formula is C5H7. The van der Waals surface area contributed by atoms with Crippen molar-refractivity contribution in [2.75, 3.05) is 0 Å². The molecule has 0 saturated heterocycles. The molecule has 0 N–H and O–H groups in total. The monoisotopic (exact) mass is 67.1 g/mol. The highest BCUT2D eigenvalue weighted by Crippen LogP contribution is 2.27. The van der Waals surface area contributed by atoms with E-state index in [2.05, 4.69) is 13.0 Å². The van der Waals surface area contributed by atoms with E-state index in [1.807, 2.05) is 6.08 Å². The van der Waals surface area contributed by atoms with E-state index in [-0.39, 0.29) is 0 Å². The molecule has 0 aliphatic heterocycles. The summed E-state index contributed by atoms with van der Waals surface area (Å²) in [5.41, 5.74) is 0. The van der Waals surface area contributed by atoms with E-state index >= 15 is 0 Å². The van der Waals surface area contributed by atoms with Gasteiger partial charge in [-0.15, -0.1) is 6.58 Å². The molecule has 1 radical (unpaired) electrons. The molecule has 0 heterocycles. The molecule has 0 nitrogen and oxygen atoms in total. The predicted molar refractivity (Wildman–Crippen MR) is 22.6 cm³/mol. The van der Waals surface area contributed by atoms with Crippen LogP contribution in [0.15, 0.2) is 12.7 Å². The second-order valence-corrected chi connectivity index (χ2v) is 1.37. The van der Waals surface area contributed by atoms with Gasteiger partial charge in [0.2, 0.25) is 0 Å². The van der Waals surface area contributed by atoms with Crippen molar-refractivity contribution in [2.24, 2.45) is 5.92 Å². The summed E-state index contributed by atoms with van der Waals surface area (Å²) in [5.74, 6) is 0.773. The second kappa shape index (κ2) is 0.852. The fourth-order valence-electron chi connectivity index (χ4n) is 0.271. The number of allylic oxidation sites excluding steroid dienone is 1. The summed E-state index contributed by atoms with van der Waals surface area (Å²) in [6, 6.07) is 0. The average Bonchev–Trinajstić information content (AvgIpc) is 2.12. The van der Waals surface area contributed by atoms with E-state index in [0.29, 0.717) is 0 Å². The van der Waals surface area contributed by atoms with Crippen molar-refractivity contribution in [1.82, 2.24) is 0 Å². The summed E-state index contributed by atoms with van der Waals surface area (Å²) in [4.78, 5) is 0. The normalized spacial score (nSPS) is 22.4. The Morgan fingerprint density at radius 3 is 2.60 bits per heavy atom. The predicted octanol–water partition coefficient (Wildman–Crippen LogP) is 1.40. The third-order valence-electron chi connectivity index (χ3n) is 0.811. The van der Waals surface area contributed by atoms with Crippen LogP contribution in [0.3, 0.4) is 0 Å². The highest BCUT2D eigenvalue weighted by atomic mass is 14.2. The standard InChI is InChI=1S/C5H7/c1-2-5-3-4-5/h2-3,5H,1,4H2. The first-order valence-corrected chi connectivity index (χ1v) is 1.89. The largest absolute Gasteiger partial charge is 0.103 e.